The van der Waals surface area contributed by atoms with Crippen LogP contribution in [0.3, 0.4) is 0 Å². The van der Waals surface area contributed by atoms with E-state index in [4.69, 9.17) is 0 Å². The number of hydrogen-bond donors (Lipinski definition) is 1. The van der Waals surface area contributed by atoms with E-state index >= 15 is 0 Å². The van der Waals surface area contributed by atoms with Crippen molar-refractivity contribution in [3.05, 3.63) is 0 Å². The summed E-state index contributed by atoms with van der Waals surface area (Å²) in [5.41, 5.74) is 0. The molecule has 0 aliphatic heterocycles. The second-order valence-corrected chi connectivity index (χ2v) is 8.57. The molecule has 21 heavy (non-hydrogen) atoms. The van der Waals surface area contributed by atoms with E-state index in [-0.39, 0.29) is 29.6 Å². The van der Waals surface area contributed by atoms with Gasteiger partial charge in [-0.2, -0.15) is 0 Å². The van der Waals surface area contributed by atoms with Gasteiger partial charge in [0.2, 0.25) is 0 Å². The van der Waals surface area contributed by atoms with Gasteiger partial charge in [-0.1, -0.05) is 33.1 Å². The Labute approximate surface area is 129 Å². The van der Waals surface area contributed by atoms with Gasteiger partial charge in [-0.25, -0.2) is 13.2 Å². The van der Waals surface area contributed by atoms with Gasteiger partial charge in [0.25, 0.3) is 0 Å². The monoisotopic (exact) mass is 318 g/mol. The molecule has 0 spiro atoms. The molecule has 0 heterocycles. The van der Waals surface area contributed by atoms with Crippen molar-refractivity contribution in [1.82, 2.24) is 10.2 Å². The van der Waals surface area contributed by atoms with Gasteiger partial charge in [0, 0.05) is 24.9 Å². The van der Waals surface area contributed by atoms with Gasteiger partial charge in [0.15, 0.2) is 9.84 Å². The van der Waals surface area contributed by atoms with Crippen LogP contribution in [0.5, 0.6) is 0 Å². The van der Waals surface area contributed by atoms with E-state index in [1.165, 1.54) is 17.7 Å². The van der Waals surface area contributed by atoms with Gasteiger partial charge in [0.05, 0.1) is 5.75 Å². The molecule has 0 radical (unpaired) electrons. The fraction of sp³-hybridized carbons (Fsp3) is 0.933. The van der Waals surface area contributed by atoms with Crippen LogP contribution in [0.25, 0.3) is 0 Å². The van der Waals surface area contributed by atoms with E-state index in [2.05, 4.69) is 12.2 Å². The van der Waals surface area contributed by atoms with Gasteiger partial charge < -0.3 is 10.2 Å². The minimum atomic E-state index is -3.07. The number of rotatable bonds is 6. The molecule has 1 fully saturated rings. The first kappa shape index (κ1) is 18.3. The summed E-state index contributed by atoms with van der Waals surface area (Å²) in [6.45, 7) is 5.58. The normalized spacial score (nSPS) is 24.4. The molecule has 3 atom stereocenters. The Hall–Kier alpha value is -0.780. The second kappa shape index (κ2) is 8.01. The molecule has 5 nitrogen and oxygen atoms in total. The Balaban J connectivity index is 2.57. The lowest BCUT2D eigenvalue weighted by Gasteiger charge is -2.34. The molecule has 0 aromatic heterocycles. The highest BCUT2D eigenvalue weighted by Crippen LogP contribution is 2.26. The summed E-state index contributed by atoms with van der Waals surface area (Å²) in [7, 11) is -1.39. The predicted molar refractivity (Wildman–Crippen MR) is 86.1 cm³/mol. The molecule has 0 aromatic rings. The molecule has 0 aromatic carbocycles. The van der Waals surface area contributed by atoms with Gasteiger partial charge in [-0.05, 0) is 25.7 Å². The molecule has 0 unspecified atom stereocenters. The molecule has 1 rings (SSSR count). The summed E-state index contributed by atoms with van der Waals surface area (Å²) in [5, 5.41) is 3.10. The quantitative estimate of drug-likeness (QED) is 0.818. The fourth-order valence-corrected chi connectivity index (χ4v) is 4.14. The van der Waals surface area contributed by atoms with E-state index in [0.29, 0.717) is 5.92 Å². The number of urea groups is 1. The molecule has 124 valence electrons. The van der Waals surface area contributed by atoms with Crippen molar-refractivity contribution in [1.29, 1.82) is 0 Å². The number of carbonyl (C=O) groups is 1. The molecule has 1 aliphatic carbocycles. The van der Waals surface area contributed by atoms with Gasteiger partial charge in [-0.15, -0.1) is 0 Å². The van der Waals surface area contributed by atoms with E-state index in [1.807, 2.05) is 0 Å². The van der Waals surface area contributed by atoms with Crippen molar-refractivity contribution >= 4 is 15.9 Å². The SMILES string of the molecule is CC[C@@H]1CCCC[C@H]1NC(=O)N(C)[C@@H](C)CS(=O)(=O)CC. The van der Waals surface area contributed by atoms with E-state index in [9.17, 15) is 13.2 Å². The van der Waals surface area contributed by atoms with Crippen LogP contribution in [-0.2, 0) is 9.84 Å². The number of amides is 2. The lowest BCUT2D eigenvalue weighted by atomic mass is 9.83. The Morgan fingerprint density at radius 3 is 2.48 bits per heavy atom. The minimum absolute atomic E-state index is 0.0231. The third-order valence-electron chi connectivity index (χ3n) is 4.66. The van der Waals surface area contributed by atoms with Crippen molar-refractivity contribution in [3.8, 4) is 0 Å². The number of hydrogen-bond acceptors (Lipinski definition) is 3. The largest absolute Gasteiger partial charge is 0.335 e. The predicted octanol–water partition coefficient (Wildman–Crippen LogP) is 2.42. The lowest BCUT2D eigenvalue weighted by molar-refractivity contribution is 0.179. The van der Waals surface area contributed by atoms with Crippen LogP contribution in [-0.4, -0.2) is 50.0 Å². The summed E-state index contributed by atoms with van der Waals surface area (Å²) in [5.74, 6) is 0.689. The first-order chi connectivity index (χ1) is 9.80. The molecular weight excluding hydrogens is 288 g/mol. The zero-order valence-corrected chi connectivity index (χ0v) is 14.6. The van der Waals surface area contributed by atoms with E-state index < -0.39 is 9.84 Å². The Morgan fingerprint density at radius 1 is 1.29 bits per heavy atom. The topological polar surface area (TPSA) is 66.5 Å². The van der Waals surface area contributed by atoms with E-state index in [0.717, 1.165) is 19.3 Å². The zero-order chi connectivity index (χ0) is 16.0. The third kappa shape index (κ3) is 5.49. The van der Waals surface area contributed by atoms with Crippen LogP contribution in [0.15, 0.2) is 0 Å². The summed E-state index contributed by atoms with van der Waals surface area (Å²) >= 11 is 0. The molecule has 1 aliphatic rings. The maximum absolute atomic E-state index is 12.3. The van der Waals surface area contributed by atoms with Gasteiger partial charge in [-0.3, -0.25) is 0 Å². The van der Waals surface area contributed by atoms with Gasteiger partial charge >= 0.3 is 6.03 Å². The van der Waals surface area contributed by atoms with Crippen LogP contribution < -0.4 is 5.32 Å². The second-order valence-electron chi connectivity index (χ2n) is 6.17. The first-order valence-electron chi connectivity index (χ1n) is 8.04. The highest BCUT2D eigenvalue weighted by molar-refractivity contribution is 7.91. The fourth-order valence-electron chi connectivity index (χ4n) is 2.94. The molecule has 0 bridgehead atoms. The maximum Gasteiger partial charge on any atom is 0.317 e. The van der Waals surface area contributed by atoms with E-state index in [1.54, 1.807) is 20.9 Å². The van der Waals surface area contributed by atoms with Crippen molar-refractivity contribution in [2.45, 2.75) is 65.0 Å². The summed E-state index contributed by atoms with van der Waals surface area (Å²) in [6, 6.07) is -0.230. The molecule has 1 N–H and O–H groups in total. The zero-order valence-electron chi connectivity index (χ0n) is 13.8. The first-order valence-corrected chi connectivity index (χ1v) is 9.86. The number of sulfone groups is 1. The smallest absolute Gasteiger partial charge is 0.317 e. The maximum atomic E-state index is 12.3. The Morgan fingerprint density at radius 2 is 1.90 bits per heavy atom. The molecule has 2 amide bonds. The Kier molecular flexibility index (Phi) is 6.97. The average molecular weight is 318 g/mol. The van der Waals surface area contributed by atoms with Crippen molar-refractivity contribution in [3.63, 3.8) is 0 Å². The lowest BCUT2D eigenvalue weighted by Crippen LogP contribution is -2.50. The number of carbonyl (C=O) groups excluding carboxylic acids is 1. The highest BCUT2D eigenvalue weighted by atomic mass is 32.2. The Bertz CT molecular complexity index is 436. The van der Waals surface area contributed by atoms with Gasteiger partial charge in [0.1, 0.15) is 0 Å². The highest BCUT2D eigenvalue weighted by Gasteiger charge is 2.28. The van der Waals surface area contributed by atoms with Crippen molar-refractivity contribution in [2.24, 2.45) is 5.92 Å². The molecule has 6 heteroatoms. The standard InChI is InChI=1S/C15H30N2O3S/c1-5-13-9-7-8-10-14(13)16-15(18)17(4)12(3)11-21(19,20)6-2/h12-14H,5-11H2,1-4H3,(H,16,18)/t12-,13+,14+/m0/s1. The summed E-state index contributed by atoms with van der Waals surface area (Å²) in [4.78, 5) is 13.8. The summed E-state index contributed by atoms with van der Waals surface area (Å²) in [6.07, 6.45) is 5.68. The summed E-state index contributed by atoms with van der Waals surface area (Å²) < 4.78 is 23.3. The number of nitrogens with one attached hydrogen (secondary N) is 1. The van der Waals surface area contributed by atoms with Crippen molar-refractivity contribution in [2.75, 3.05) is 18.6 Å². The van der Waals surface area contributed by atoms with Crippen LogP contribution in [0.1, 0.15) is 52.9 Å². The molecule has 0 saturated heterocycles. The van der Waals surface area contributed by atoms with Crippen LogP contribution in [0.2, 0.25) is 0 Å². The molecular formula is C15H30N2O3S. The minimum Gasteiger partial charge on any atom is -0.335 e. The van der Waals surface area contributed by atoms with Crippen LogP contribution in [0.4, 0.5) is 4.79 Å². The van der Waals surface area contributed by atoms with Crippen LogP contribution in [0, 0.1) is 5.92 Å². The van der Waals surface area contributed by atoms with Crippen LogP contribution >= 0.6 is 0 Å². The van der Waals surface area contributed by atoms with Crippen molar-refractivity contribution < 1.29 is 13.2 Å². The average Bonchev–Trinajstić information content (AvgIpc) is 2.46. The molecule has 1 saturated carbocycles. The third-order valence-corrected chi connectivity index (χ3v) is 6.53. The number of nitrogens with zero attached hydrogens (tertiary/aromatic N) is 1.